The van der Waals surface area contributed by atoms with E-state index in [1.165, 1.54) is 12.0 Å². The molecule has 0 saturated carbocycles. The maximum atomic E-state index is 13.5. The number of aromatic nitrogens is 3. The maximum Gasteiger partial charge on any atom is 0.418 e. The highest BCUT2D eigenvalue weighted by molar-refractivity contribution is 5.90. The fraction of sp³-hybridized carbons (Fsp3) is 0.429. The summed E-state index contributed by atoms with van der Waals surface area (Å²) >= 11 is 0. The molecule has 0 aromatic carbocycles. The van der Waals surface area contributed by atoms with Gasteiger partial charge in [0.15, 0.2) is 5.83 Å². The number of anilines is 2. The molecule has 0 unspecified atom stereocenters. The fourth-order valence-electron chi connectivity index (χ4n) is 4.15. The highest BCUT2D eigenvalue weighted by Gasteiger charge is 2.36. The number of hydrogen-bond donors (Lipinski definition) is 1. The smallest absolute Gasteiger partial charge is 0.418 e. The molecule has 34 heavy (non-hydrogen) atoms. The molecule has 0 atom stereocenters. The molecule has 0 bridgehead atoms. The average Bonchev–Trinajstić information content (AvgIpc) is 3.19. The summed E-state index contributed by atoms with van der Waals surface area (Å²) in [6.45, 7) is 4.86. The van der Waals surface area contributed by atoms with Gasteiger partial charge in [-0.05, 0) is 12.1 Å². The monoisotopic (exact) mass is 481 g/mol. The number of rotatable bonds is 5. The minimum atomic E-state index is -4.56. The Labute approximate surface area is 192 Å². The molecule has 4 rings (SSSR count). The van der Waals surface area contributed by atoms with Crippen LogP contribution >= 0.6 is 0 Å². The van der Waals surface area contributed by atoms with Gasteiger partial charge in [0.2, 0.25) is 0 Å². The third-order valence-corrected chi connectivity index (χ3v) is 5.76. The molecule has 0 aliphatic carbocycles. The molecule has 0 radical (unpaired) electrons. The molecule has 2 aromatic heterocycles. The highest BCUT2D eigenvalue weighted by Crippen LogP contribution is 2.35. The van der Waals surface area contributed by atoms with Crippen molar-refractivity contribution in [3.63, 3.8) is 0 Å². The van der Waals surface area contributed by atoms with E-state index < -0.39 is 23.5 Å². The Balaban J connectivity index is 1.56. The second kappa shape index (κ2) is 9.05. The Hall–Kier alpha value is -3.48. The third-order valence-electron chi connectivity index (χ3n) is 5.76. The Morgan fingerprint density at radius 1 is 1.15 bits per heavy atom. The third kappa shape index (κ3) is 4.74. The van der Waals surface area contributed by atoms with Gasteiger partial charge in [0.05, 0.1) is 24.1 Å². The predicted octanol–water partition coefficient (Wildman–Crippen LogP) is 2.13. The minimum Gasteiger partial charge on any atom is -0.467 e. The van der Waals surface area contributed by atoms with Crippen molar-refractivity contribution in [2.45, 2.75) is 25.8 Å². The molecule has 9 nitrogen and oxygen atoms in total. The van der Waals surface area contributed by atoms with Crippen molar-refractivity contribution < 1.29 is 27.1 Å². The number of methoxy groups -OCH3 is 1. The van der Waals surface area contributed by atoms with Crippen LogP contribution in [0.5, 0.6) is 6.01 Å². The van der Waals surface area contributed by atoms with Gasteiger partial charge in [0.25, 0.3) is 5.91 Å². The summed E-state index contributed by atoms with van der Waals surface area (Å²) in [5.41, 5.74) is 6.03. The molecule has 2 N–H and O–H groups in total. The summed E-state index contributed by atoms with van der Waals surface area (Å²) < 4.78 is 58.8. The first kappa shape index (κ1) is 23.7. The van der Waals surface area contributed by atoms with Gasteiger partial charge in [-0.3, -0.25) is 9.69 Å². The molecule has 0 spiro atoms. The van der Waals surface area contributed by atoms with Crippen LogP contribution in [-0.4, -0.2) is 63.9 Å². The van der Waals surface area contributed by atoms with Crippen molar-refractivity contribution in [2.24, 2.45) is 0 Å². The van der Waals surface area contributed by atoms with E-state index in [4.69, 9.17) is 10.5 Å². The molecular formula is C21H23F4N7O2. The van der Waals surface area contributed by atoms with Crippen molar-refractivity contribution in [1.82, 2.24) is 24.8 Å². The lowest BCUT2D eigenvalue weighted by Gasteiger charge is -2.35. The first-order chi connectivity index (χ1) is 16.1. The van der Waals surface area contributed by atoms with Crippen molar-refractivity contribution in [3.05, 3.63) is 47.1 Å². The number of nitrogens with zero attached hydrogens (tertiary/aromatic N) is 6. The number of ether oxygens (including phenoxy) is 1. The number of hydrogen-bond acceptors (Lipinski definition) is 8. The normalized spacial score (nSPS) is 16.5. The maximum absolute atomic E-state index is 13.5. The van der Waals surface area contributed by atoms with Gasteiger partial charge in [0.1, 0.15) is 11.6 Å². The van der Waals surface area contributed by atoms with E-state index in [-0.39, 0.29) is 43.7 Å². The van der Waals surface area contributed by atoms with Crippen molar-refractivity contribution in [2.75, 3.05) is 43.9 Å². The minimum absolute atomic E-state index is 0.00485. The largest absolute Gasteiger partial charge is 0.467 e. The number of carbonyl (C=O) groups excluding carboxylic acids is 1. The lowest BCUT2D eigenvalue weighted by Crippen LogP contribution is -2.49. The summed E-state index contributed by atoms with van der Waals surface area (Å²) in [6.07, 6.45) is -4.56. The first-order valence-corrected chi connectivity index (χ1v) is 10.4. The number of amides is 1. The summed E-state index contributed by atoms with van der Waals surface area (Å²) in [5.74, 6) is -1.18. The lowest BCUT2D eigenvalue weighted by atomic mass is 10.1. The molecule has 2 aliphatic rings. The van der Waals surface area contributed by atoms with Crippen LogP contribution in [0.1, 0.15) is 22.5 Å². The molecular weight excluding hydrogens is 458 g/mol. The van der Waals surface area contributed by atoms with E-state index in [1.807, 2.05) is 4.90 Å². The zero-order chi connectivity index (χ0) is 24.6. The number of pyridine rings is 1. The molecule has 1 saturated heterocycles. The predicted molar refractivity (Wildman–Crippen MR) is 114 cm³/mol. The molecule has 2 aromatic rings. The number of nitrogens with two attached hydrogens (primary N) is 1. The molecule has 1 amide bonds. The van der Waals surface area contributed by atoms with Crippen LogP contribution < -0.4 is 15.4 Å². The van der Waals surface area contributed by atoms with Gasteiger partial charge in [-0.15, -0.1) is 0 Å². The SMILES string of the molecule is C=C(F)C(=O)N1CCN(c2nc(OC)nc3c2CN(Cc2nc(N)ccc2C(F)(F)F)C3)CC1. The summed E-state index contributed by atoms with van der Waals surface area (Å²) in [4.78, 5) is 29.7. The van der Waals surface area contributed by atoms with Crippen LogP contribution in [0, 0.1) is 0 Å². The van der Waals surface area contributed by atoms with Crippen LogP contribution in [0.3, 0.4) is 0 Å². The summed E-state index contributed by atoms with van der Waals surface area (Å²) in [5, 5.41) is 0. The second-order valence-corrected chi connectivity index (χ2v) is 8.02. The zero-order valence-electron chi connectivity index (χ0n) is 18.4. The van der Waals surface area contributed by atoms with E-state index in [0.717, 1.165) is 17.7 Å². The van der Waals surface area contributed by atoms with Crippen molar-refractivity contribution in [3.8, 4) is 6.01 Å². The van der Waals surface area contributed by atoms with E-state index in [2.05, 4.69) is 21.5 Å². The molecule has 182 valence electrons. The van der Waals surface area contributed by atoms with Crippen LogP contribution in [0.15, 0.2) is 24.5 Å². The number of piperazine rings is 1. The van der Waals surface area contributed by atoms with Gasteiger partial charge in [-0.1, -0.05) is 6.58 Å². The van der Waals surface area contributed by atoms with Gasteiger partial charge in [-0.2, -0.15) is 23.1 Å². The Kier molecular flexibility index (Phi) is 6.30. The molecule has 4 heterocycles. The Morgan fingerprint density at radius 2 is 1.85 bits per heavy atom. The van der Waals surface area contributed by atoms with Crippen LogP contribution in [0.25, 0.3) is 0 Å². The number of fused-ring (bicyclic) bond motifs is 1. The van der Waals surface area contributed by atoms with E-state index in [9.17, 15) is 22.4 Å². The van der Waals surface area contributed by atoms with E-state index >= 15 is 0 Å². The van der Waals surface area contributed by atoms with Crippen molar-refractivity contribution >= 4 is 17.5 Å². The van der Waals surface area contributed by atoms with Crippen LogP contribution in [0.4, 0.5) is 29.2 Å². The zero-order valence-corrected chi connectivity index (χ0v) is 18.4. The average molecular weight is 481 g/mol. The number of carbonyl (C=O) groups is 1. The number of nitrogen functional groups attached to an aromatic ring is 1. The van der Waals surface area contributed by atoms with E-state index in [1.54, 1.807) is 4.90 Å². The topological polar surface area (TPSA) is 101 Å². The lowest BCUT2D eigenvalue weighted by molar-refractivity contribution is -0.138. The summed E-state index contributed by atoms with van der Waals surface area (Å²) in [6, 6.07) is 2.19. The fourth-order valence-corrected chi connectivity index (χ4v) is 4.15. The Morgan fingerprint density at radius 3 is 2.47 bits per heavy atom. The van der Waals surface area contributed by atoms with Crippen LogP contribution in [0.2, 0.25) is 0 Å². The van der Waals surface area contributed by atoms with Crippen molar-refractivity contribution in [1.29, 1.82) is 0 Å². The van der Waals surface area contributed by atoms with Gasteiger partial charge in [-0.25, -0.2) is 9.37 Å². The number of alkyl halides is 3. The highest BCUT2D eigenvalue weighted by atomic mass is 19.4. The first-order valence-electron chi connectivity index (χ1n) is 10.4. The van der Waals surface area contributed by atoms with Crippen LogP contribution in [-0.2, 0) is 30.6 Å². The van der Waals surface area contributed by atoms with E-state index in [0.29, 0.717) is 31.1 Å². The molecule has 2 aliphatic heterocycles. The molecule has 1 fully saturated rings. The van der Waals surface area contributed by atoms with Gasteiger partial charge < -0.3 is 20.3 Å². The quantitative estimate of drug-likeness (QED) is 0.512. The molecule has 13 heteroatoms. The van der Waals surface area contributed by atoms with Gasteiger partial charge >= 0.3 is 12.2 Å². The standard InChI is InChI=1S/C21H23F4N7O2/c1-12(22)19(33)32-7-5-31(6-8-32)18-13-9-30(10-15(13)28-20(29-18)34-2)11-16-14(21(23,24)25)3-4-17(26)27-16/h3-4H,1,5-11H2,2H3,(H2,26,27). The Bertz CT molecular complexity index is 1120. The summed E-state index contributed by atoms with van der Waals surface area (Å²) in [7, 11) is 1.42. The van der Waals surface area contributed by atoms with Gasteiger partial charge in [0, 0.05) is 51.4 Å². The second-order valence-electron chi connectivity index (χ2n) is 8.02. The number of halogens is 4.